The van der Waals surface area contributed by atoms with Crippen molar-refractivity contribution < 1.29 is 18.7 Å². The molecule has 4 aromatic carbocycles. The summed E-state index contributed by atoms with van der Waals surface area (Å²) in [6.45, 7) is 5.91. The number of nitrogens with one attached hydrogen (secondary N) is 1. The van der Waals surface area contributed by atoms with E-state index in [1.165, 1.54) is 28.9 Å². The summed E-state index contributed by atoms with van der Waals surface area (Å²) in [4.78, 5) is 30.9. The van der Waals surface area contributed by atoms with Crippen LogP contribution in [0.5, 0.6) is 11.5 Å². The number of carbonyl (C=O) groups excluding carboxylic acids is 1. The highest BCUT2D eigenvalue weighted by atomic mass is 127. The van der Waals surface area contributed by atoms with E-state index in [0.717, 1.165) is 31.6 Å². The minimum atomic E-state index is -0.383. The van der Waals surface area contributed by atoms with Crippen LogP contribution in [-0.2, 0) is 4.79 Å². The number of rotatable bonds is 9. The van der Waals surface area contributed by atoms with Gasteiger partial charge in [-0.3, -0.25) is 9.59 Å². The number of methoxy groups -OCH3 is 1. The van der Waals surface area contributed by atoms with Gasteiger partial charge in [0, 0.05) is 11.3 Å². The number of amides is 1. The summed E-state index contributed by atoms with van der Waals surface area (Å²) in [5, 5.41) is 7.73. The maximum absolute atomic E-state index is 13.7. The summed E-state index contributed by atoms with van der Waals surface area (Å²) in [5.41, 5.74) is 4.18. The van der Waals surface area contributed by atoms with Crippen LogP contribution in [-0.4, -0.2) is 35.5 Å². The van der Waals surface area contributed by atoms with E-state index in [1.54, 1.807) is 37.6 Å². The Labute approximate surface area is 267 Å². The van der Waals surface area contributed by atoms with Crippen molar-refractivity contribution in [3.05, 3.63) is 115 Å². The number of aryl methyl sites for hydroxylation is 1. The van der Waals surface area contributed by atoms with Gasteiger partial charge < -0.3 is 14.8 Å². The zero-order valence-electron chi connectivity index (χ0n) is 24.6. The minimum absolute atomic E-state index is 0.185. The largest absolute Gasteiger partial charge is 0.496 e. The molecular weight excluding hydrogens is 674 g/mol. The average Bonchev–Trinajstić information content (AvgIpc) is 3.01. The van der Waals surface area contributed by atoms with Crippen LogP contribution in [0.4, 0.5) is 10.1 Å². The lowest BCUT2D eigenvalue weighted by molar-refractivity contribution is -0.118. The molecule has 44 heavy (non-hydrogen) atoms. The third-order valence-corrected chi connectivity index (χ3v) is 7.80. The summed E-state index contributed by atoms with van der Waals surface area (Å²) in [5.74, 6) is 1.15. The molecule has 0 spiro atoms. The number of hydrogen-bond donors (Lipinski definition) is 1. The van der Waals surface area contributed by atoms with Gasteiger partial charge in [-0.15, -0.1) is 0 Å². The number of benzene rings is 4. The molecule has 0 bridgehead atoms. The van der Waals surface area contributed by atoms with Crippen LogP contribution in [0.15, 0.2) is 88.8 Å². The van der Waals surface area contributed by atoms with E-state index < -0.39 is 0 Å². The van der Waals surface area contributed by atoms with Crippen molar-refractivity contribution in [1.82, 2.24) is 9.66 Å². The van der Waals surface area contributed by atoms with Gasteiger partial charge in [-0.05, 0) is 119 Å². The highest BCUT2D eigenvalue weighted by Gasteiger charge is 2.18. The van der Waals surface area contributed by atoms with E-state index >= 15 is 0 Å². The molecule has 1 N–H and O–H groups in total. The lowest BCUT2D eigenvalue weighted by atomic mass is 9.96. The molecule has 0 unspecified atom stereocenters. The van der Waals surface area contributed by atoms with Crippen molar-refractivity contribution in [3.8, 4) is 22.9 Å². The predicted molar refractivity (Wildman–Crippen MR) is 179 cm³/mol. The first-order valence-corrected chi connectivity index (χ1v) is 14.9. The fourth-order valence-electron chi connectivity index (χ4n) is 4.68. The molecule has 0 saturated carbocycles. The predicted octanol–water partition coefficient (Wildman–Crippen LogP) is 7.15. The molecule has 0 fully saturated rings. The van der Waals surface area contributed by atoms with Gasteiger partial charge in [0.25, 0.3) is 11.5 Å². The number of carbonyl (C=O) groups is 1. The number of fused-ring (bicyclic) bond motifs is 1. The fraction of sp³-hybridized carbons (Fsp3) is 0.176. The lowest BCUT2D eigenvalue weighted by Crippen LogP contribution is -2.21. The Kier molecular flexibility index (Phi) is 9.38. The van der Waals surface area contributed by atoms with Crippen molar-refractivity contribution >= 4 is 51.3 Å². The molecule has 5 rings (SSSR count). The molecule has 5 aromatic rings. The Morgan fingerprint density at radius 1 is 1.07 bits per heavy atom. The lowest BCUT2D eigenvalue weighted by Gasteiger charge is -2.17. The van der Waals surface area contributed by atoms with E-state index in [1.807, 2.05) is 37.3 Å². The molecule has 8 nitrogen and oxygen atoms in total. The summed E-state index contributed by atoms with van der Waals surface area (Å²) in [6, 6.07) is 22.0. The van der Waals surface area contributed by atoms with Gasteiger partial charge in [-0.2, -0.15) is 9.78 Å². The number of halogens is 2. The van der Waals surface area contributed by atoms with Crippen LogP contribution in [0.1, 0.15) is 36.5 Å². The van der Waals surface area contributed by atoms with Crippen LogP contribution in [0.3, 0.4) is 0 Å². The standard InChI is InChI=1S/C34H30FIN4O4/c1-20(2)26-17-27(21(3)15-31(26)43-4)33-39-29-8-6-5-7-25(29)34(42)40(33)37-18-22-9-14-30(28(36)16-22)44-19-32(41)38-24-12-10-23(35)11-13-24/h5-18,20H,19H2,1-4H3,(H,38,41). The zero-order chi connectivity index (χ0) is 31.4. The topological polar surface area (TPSA) is 94.8 Å². The maximum atomic E-state index is 13.7. The molecule has 0 saturated heterocycles. The zero-order valence-corrected chi connectivity index (χ0v) is 26.8. The number of ether oxygens (including phenoxy) is 2. The van der Waals surface area contributed by atoms with Gasteiger partial charge in [-0.1, -0.05) is 26.0 Å². The Hall–Kier alpha value is -4.58. The second kappa shape index (κ2) is 13.4. The highest BCUT2D eigenvalue weighted by Crippen LogP contribution is 2.34. The maximum Gasteiger partial charge on any atom is 0.282 e. The van der Waals surface area contributed by atoms with Gasteiger partial charge in [0.1, 0.15) is 17.3 Å². The van der Waals surface area contributed by atoms with Crippen molar-refractivity contribution in [2.75, 3.05) is 19.0 Å². The molecule has 0 atom stereocenters. The van der Waals surface area contributed by atoms with E-state index in [-0.39, 0.29) is 29.8 Å². The van der Waals surface area contributed by atoms with E-state index in [9.17, 15) is 14.0 Å². The van der Waals surface area contributed by atoms with Crippen molar-refractivity contribution in [1.29, 1.82) is 0 Å². The monoisotopic (exact) mass is 704 g/mol. The summed E-state index contributed by atoms with van der Waals surface area (Å²) in [7, 11) is 1.65. The number of nitrogens with zero attached hydrogens (tertiary/aromatic N) is 3. The molecule has 1 amide bonds. The molecule has 0 radical (unpaired) electrons. The van der Waals surface area contributed by atoms with E-state index in [4.69, 9.17) is 14.5 Å². The summed E-state index contributed by atoms with van der Waals surface area (Å²) < 4.78 is 26.5. The molecular formula is C34H30FIN4O4. The third-order valence-electron chi connectivity index (χ3n) is 6.96. The number of hydrogen-bond acceptors (Lipinski definition) is 6. The summed E-state index contributed by atoms with van der Waals surface area (Å²) in [6.07, 6.45) is 1.59. The number of anilines is 1. The third kappa shape index (κ3) is 6.80. The molecule has 224 valence electrons. The first kappa shape index (κ1) is 30.9. The fourth-order valence-corrected chi connectivity index (χ4v) is 5.38. The van der Waals surface area contributed by atoms with Crippen LogP contribution >= 0.6 is 22.6 Å². The van der Waals surface area contributed by atoms with Crippen molar-refractivity contribution in [3.63, 3.8) is 0 Å². The highest BCUT2D eigenvalue weighted by molar-refractivity contribution is 14.1. The van der Waals surface area contributed by atoms with E-state index in [0.29, 0.717) is 28.2 Å². The van der Waals surface area contributed by atoms with Crippen LogP contribution in [0.2, 0.25) is 0 Å². The van der Waals surface area contributed by atoms with E-state index in [2.05, 4.69) is 46.9 Å². The normalized spacial score (nSPS) is 11.3. The second-order valence-corrected chi connectivity index (χ2v) is 11.6. The molecule has 1 aromatic heterocycles. The first-order chi connectivity index (χ1) is 21.1. The van der Waals surface area contributed by atoms with Gasteiger partial charge in [0.2, 0.25) is 0 Å². The minimum Gasteiger partial charge on any atom is -0.496 e. The van der Waals surface area contributed by atoms with Gasteiger partial charge in [0.05, 0.1) is 27.8 Å². The quantitative estimate of drug-likeness (QED) is 0.130. The Bertz CT molecular complexity index is 1940. The molecule has 0 aliphatic rings. The average molecular weight is 705 g/mol. The number of para-hydroxylation sites is 1. The smallest absolute Gasteiger partial charge is 0.282 e. The summed E-state index contributed by atoms with van der Waals surface area (Å²) >= 11 is 2.12. The Morgan fingerprint density at radius 3 is 2.52 bits per heavy atom. The Balaban J connectivity index is 1.44. The van der Waals surface area contributed by atoms with Crippen LogP contribution in [0, 0.1) is 16.3 Å². The second-order valence-electron chi connectivity index (χ2n) is 10.4. The van der Waals surface area contributed by atoms with Gasteiger partial charge in [0.15, 0.2) is 12.4 Å². The molecule has 0 aliphatic carbocycles. The number of aromatic nitrogens is 2. The van der Waals surface area contributed by atoms with Crippen molar-refractivity contribution in [2.24, 2.45) is 5.10 Å². The Morgan fingerprint density at radius 2 is 1.82 bits per heavy atom. The molecule has 0 aliphatic heterocycles. The van der Waals surface area contributed by atoms with Crippen LogP contribution in [0.25, 0.3) is 22.3 Å². The van der Waals surface area contributed by atoms with Crippen molar-refractivity contribution in [2.45, 2.75) is 26.7 Å². The SMILES string of the molecule is COc1cc(C)c(-c2nc3ccccc3c(=O)n2N=Cc2ccc(OCC(=O)Nc3ccc(F)cc3)c(I)c2)cc1C(C)C. The van der Waals surface area contributed by atoms with Gasteiger partial charge in [-0.25, -0.2) is 9.37 Å². The van der Waals surface area contributed by atoms with Gasteiger partial charge >= 0.3 is 0 Å². The molecule has 10 heteroatoms. The van der Waals surface area contributed by atoms with Crippen LogP contribution < -0.4 is 20.3 Å². The molecule has 1 heterocycles. The first-order valence-electron chi connectivity index (χ1n) is 13.9.